The number of nitrogens with zero attached hydrogens (tertiary/aromatic N) is 2. The highest BCUT2D eigenvalue weighted by molar-refractivity contribution is 5.79. The first-order valence-corrected chi connectivity index (χ1v) is 7.68. The molecule has 1 aromatic heterocycles. The van der Waals surface area contributed by atoms with Gasteiger partial charge in [0.25, 0.3) is 0 Å². The van der Waals surface area contributed by atoms with Gasteiger partial charge in [0.1, 0.15) is 0 Å². The second-order valence-electron chi connectivity index (χ2n) is 6.18. The van der Waals surface area contributed by atoms with Crippen molar-refractivity contribution in [1.29, 1.82) is 0 Å². The van der Waals surface area contributed by atoms with Crippen LogP contribution >= 0.6 is 0 Å². The summed E-state index contributed by atoms with van der Waals surface area (Å²) in [5.41, 5.74) is 2.04. The van der Waals surface area contributed by atoms with Crippen LogP contribution in [0.15, 0.2) is 36.5 Å². The Morgan fingerprint density at radius 1 is 1.33 bits per heavy atom. The number of aromatic nitrogens is 1. The quantitative estimate of drug-likeness (QED) is 0.920. The number of para-hydroxylation sites is 1. The Kier molecular flexibility index (Phi) is 3.02. The summed E-state index contributed by atoms with van der Waals surface area (Å²) in [5, 5.41) is 4.15. The van der Waals surface area contributed by atoms with Gasteiger partial charge in [-0.15, -0.1) is 0 Å². The Hall–Kier alpha value is -2.10. The van der Waals surface area contributed by atoms with Gasteiger partial charge in [0.15, 0.2) is 0 Å². The number of amides is 2. The average molecular weight is 281 g/mol. The van der Waals surface area contributed by atoms with E-state index < -0.39 is 0 Å². The molecule has 21 heavy (non-hydrogen) atoms. The molecule has 4 heteroatoms. The topological polar surface area (TPSA) is 45.2 Å². The van der Waals surface area contributed by atoms with E-state index in [1.165, 1.54) is 19.3 Å². The van der Waals surface area contributed by atoms with Crippen molar-refractivity contribution in [3.8, 4) is 0 Å². The van der Waals surface area contributed by atoms with Gasteiger partial charge in [-0.3, -0.25) is 4.98 Å². The van der Waals surface area contributed by atoms with E-state index in [0.29, 0.717) is 12.6 Å². The molecular formula is C17H19N3O. The zero-order valence-electron chi connectivity index (χ0n) is 12.0. The molecular weight excluding hydrogens is 262 g/mol. The highest BCUT2D eigenvalue weighted by Gasteiger charge is 2.40. The lowest BCUT2D eigenvalue weighted by Gasteiger charge is -2.27. The van der Waals surface area contributed by atoms with Crippen LogP contribution in [0, 0.1) is 5.92 Å². The van der Waals surface area contributed by atoms with Crippen LogP contribution in [0.25, 0.3) is 10.9 Å². The molecule has 0 radical (unpaired) electrons. The van der Waals surface area contributed by atoms with Crippen molar-refractivity contribution in [2.75, 3.05) is 6.54 Å². The maximum Gasteiger partial charge on any atom is 0.317 e. The van der Waals surface area contributed by atoms with E-state index in [1.54, 1.807) is 0 Å². The summed E-state index contributed by atoms with van der Waals surface area (Å²) in [6.07, 6.45) is 5.52. The Morgan fingerprint density at radius 3 is 3.05 bits per heavy atom. The molecule has 1 aromatic carbocycles. The Labute approximate surface area is 124 Å². The van der Waals surface area contributed by atoms with Crippen LogP contribution in [0.2, 0.25) is 0 Å². The third kappa shape index (κ3) is 2.35. The number of carbonyl (C=O) groups is 1. The molecule has 1 saturated carbocycles. The zero-order chi connectivity index (χ0) is 14.2. The third-order valence-electron chi connectivity index (χ3n) is 4.76. The van der Waals surface area contributed by atoms with Crippen molar-refractivity contribution in [2.24, 2.45) is 5.92 Å². The van der Waals surface area contributed by atoms with E-state index in [4.69, 9.17) is 0 Å². The fourth-order valence-electron chi connectivity index (χ4n) is 3.67. The molecule has 2 aromatic rings. The summed E-state index contributed by atoms with van der Waals surface area (Å²) >= 11 is 0. The van der Waals surface area contributed by atoms with Gasteiger partial charge in [-0.05, 0) is 42.9 Å². The highest BCUT2D eigenvalue weighted by atomic mass is 16.2. The lowest BCUT2D eigenvalue weighted by Crippen LogP contribution is -2.44. The predicted molar refractivity (Wildman–Crippen MR) is 81.8 cm³/mol. The normalized spacial score (nSPS) is 23.7. The monoisotopic (exact) mass is 281 g/mol. The van der Waals surface area contributed by atoms with Gasteiger partial charge in [-0.2, -0.15) is 0 Å². The summed E-state index contributed by atoms with van der Waals surface area (Å²) in [6, 6.07) is 10.7. The molecule has 2 atom stereocenters. The maximum absolute atomic E-state index is 12.3. The summed E-state index contributed by atoms with van der Waals surface area (Å²) in [7, 11) is 0. The van der Waals surface area contributed by atoms with Gasteiger partial charge in [-0.1, -0.05) is 18.2 Å². The molecule has 2 unspecified atom stereocenters. The molecule has 4 nitrogen and oxygen atoms in total. The number of urea groups is 1. The minimum absolute atomic E-state index is 0.0790. The van der Waals surface area contributed by atoms with Crippen molar-refractivity contribution in [1.82, 2.24) is 15.2 Å². The number of nitrogens with one attached hydrogen (secondary N) is 1. The summed E-state index contributed by atoms with van der Waals surface area (Å²) in [6.45, 7) is 1.48. The number of carbonyl (C=O) groups excluding carboxylic acids is 1. The number of benzene rings is 1. The fourth-order valence-corrected chi connectivity index (χ4v) is 3.67. The van der Waals surface area contributed by atoms with Gasteiger partial charge in [-0.25, -0.2) is 4.79 Å². The highest BCUT2D eigenvalue weighted by Crippen LogP contribution is 2.37. The second-order valence-corrected chi connectivity index (χ2v) is 6.18. The summed E-state index contributed by atoms with van der Waals surface area (Å²) < 4.78 is 0. The van der Waals surface area contributed by atoms with Crippen LogP contribution in [0.4, 0.5) is 4.79 Å². The van der Waals surface area contributed by atoms with E-state index in [0.717, 1.165) is 28.9 Å². The standard InChI is InChI=1S/C17H19N3O/c21-17(20-11-12-5-6-15(20)8-12)19-10-13-7-14-3-1-2-4-16(14)18-9-13/h1-4,7,9,12,15H,5-6,8,10-11H2,(H,19,21). The predicted octanol–water partition coefficient (Wildman–Crippen LogP) is 2.93. The van der Waals surface area contributed by atoms with E-state index in [1.807, 2.05) is 35.4 Å². The number of fused-ring (bicyclic) bond motifs is 3. The molecule has 0 spiro atoms. The van der Waals surface area contributed by atoms with E-state index >= 15 is 0 Å². The second kappa shape index (κ2) is 5.02. The van der Waals surface area contributed by atoms with Crippen molar-refractivity contribution >= 4 is 16.9 Å². The van der Waals surface area contributed by atoms with Gasteiger partial charge in [0.2, 0.25) is 0 Å². The first-order chi connectivity index (χ1) is 10.3. The van der Waals surface area contributed by atoms with Crippen LogP contribution in [-0.2, 0) is 6.54 Å². The Morgan fingerprint density at radius 2 is 2.24 bits per heavy atom. The van der Waals surface area contributed by atoms with E-state index in [2.05, 4.69) is 16.4 Å². The third-order valence-corrected chi connectivity index (χ3v) is 4.76. The van der Waals surface area contributed by atoms with Crippen molar-refractivity contribution in [2.45, 2.75) is 31.8 Å². The van der Waals surface area contributed by atoms with Gasteiger partial charge in [0, 0.05) is 30.7 Å². The smallest absolute Gasteiger partial charge is 0.317 e. The van der Waals surface area contributed by atoms with Gasteiger partial charge >= 0.3 is 6.03 Å². The molecule has 1 N–H and O–H groups in total. The number of hydrogen-bond acceptors (Lipinski definition) is 2. The van der Waals surface area contributed by atoms with Crippen molar-refractivity contribution < 1.29 is 4.79 Å². The Balaban J connectivity index is 1.42. The molecule has 2 heterocycles. The lowest BCUT2D eigenvalue weighted by molar-refractivity contribution is 0.180. The maximum atomic E-state index is 12.3. The van der Waals surface area contributed by atoms with Crippen LogP contribution in [0.1, 0.15) is 24.8 Å². The first kappa shape index (κ1) is 12.6. The largest absolute Gasteiger partial charge is 0.334 e. The molecule has 1 saturated heterocycles. The minimum Gasteiger partial charge on any atom is -0.334 e. The van der Waals surface area contributed by atoms with Crippen molar-refractivity contribution in [3.63, 3.8) is 0 Å². The lowest BCUT2D eigenvalue weighted by atomic mass is 10.1. The summed E-state index contributed by atoms with van der Waals surface area (Å²) in [5.74, 6) is 0.739. The number of piperidine rings is 1. The Bertz CT molecular complexity index is 685. The summed E-state index contributed by atoms with van der Waals surface area (Å²) in [4.78, 5) is 18.7. The molecule has 4 rings (SSSR count). The SMILES string of the molecule is O=C(NCc1cnc2ccccc2c1)N1CC2CCC1C2. The average Bonchev–Trinajstić information content (AvgIpc) is 3.15. The van der Waals surface area contributed by atoms with E-state index in [-0.39, 0.29) is 6.03 Å². The minimum atomic E-state index is 0.0790. The molecule has 2 fully saturated rings. The molecule has 1 aliphatic carbocycles. The molecule has 108 valence electrons. The fraction of sp³-hybridized carbons (Fsp3) is 0.412. The van der Waals surface area contributed by atoms with E-state index in [9.17, 15) is 4.79 Å². The first-order valence-electron chi connectivity index (χ1n) is 7.68. The molecule has 1 aliphatic heterocycles. The zero-order valence-corrected chi connectivity index (χ0v) is 12.0. The number of likely N-dealkylation sites (tertiary alicyclic amines) is 1. The van der Waals surface area contributed by atoms with Gasteiger partial charge in [0.05, 0.1) is 5.52 Å². The molecule has 2 amide bonds. The number of pyridine rings is 1. The van der Waals surface area contributed by atoms with Crippen LogP contribution in [-0.4, -0.2) is 28.5 Å². The van der Waals surface area contributed by atoms with Crippen LogP contribution in [0.3, 0.4) is 0 Å². The van der Waals surface area contributed by atoms with Crippen LogP contribution in [0.5, 0.6) is 0 Å². The van der Waals surface area contributed by atoms with Gasteiger partial charge < -0.3 is 10.2 Å². The van der Waals surface area contributed by atoms with Crippen molar-refractivity contribution in [3.05, 3.63) is 42.1 Å². The number of hydrogen-bond donors (Lipinski definition) is 1. The van der Waals surface area contributed by atoms with Crippen LogP contribution < -0.4 is 5.32 Å². The number of rotatable bonds is 2. The molecule has 2 bridgehead atoms. The molecule has 2 aliphatic rings.